The zero-order valence-electron chi connectivity index (χ0n) is 16.6. The van der Waals surface area contributed by atoms with E-state index in [4.69, 9.17) is 0 Å². The lowest BCUT2D eigenvalue weighted by molar-refractivity contribution is -0.131. The molecule has 0 N–H and O–H groups in total. The van der Waals surface area contributed by atoms with Crippen molar-refractivity contribution in [2.75, 3.05) is 44.1 Å². The summed E-state index contributed by atoms with van der Waals surface area (Å²) < 4.78 is 28.0. The molecular formula is C21H27N3O3S. The highest BCUT2D eigenvalue weighted by atomic mass is 32.2. The largest absolute Gasteiger partial charge is 0.339 e. The van der Waals surface area contributed by atoms with Crippen molar-refractivity contribution in [1.82, 2.24) is 9.80 Å². The number of nitrogens with zero attached hydrogens (tertiary/aromatic N) is 3. The third-order valence-corrected chi connectivity index (χ3v) is 6.86. The van der Waals surface area contributed by atoms with Crippen molar-refractivity contribution in [3.63, 3.8) is 0 Å². The first-order valence-electron chi connectivity index (χ1n) is 9.40. The number of anilines is 1. The summed E-state index contributed by atoms with van der Waals surface area (Å²) >= 11 is 0. The highest BCUT2D eigenvalue weighted by Gasteiger charge is 2.30. The Morgan fingerprint density at radius 1 is 1.00 bits per heavy atom. The van der Waals surface area contributed by atoms with Crippen molar-refractivity contribution in [3.8, 4) is 0 Å². The monoisotopic (exact) mass is 401 g/mol. The summed E-state index contributed by atoms with van der Waals surface area (Å²) in [5.74, 6) is -0.174. The molecule has 0 atom stereocenters. The Morgan fingerprint density at radius 3 is 2.25 bits per heavy atom. The van der Waals surface area contributed by atoms with Gasteiger partial charge in [-0.3, -0.25) is 9.10 Å². The maximum absolute atomic E-state index is 13.4. The van der Waals surface area contributed by atoms with Crippen molar-refractivity contribution in [3.05, 3.63) is 59.7 Å². The number of amides is 1. The molecule has 0 saturated carbocycles. The Labute approximate surface area is 167 Å². The molecule has 6 nitrogen and oxygen atoms in total. The summed E-state index contributed by atoms with van der Waals surface area (Å²) in [6.45, 7) is 6.44. The Balaban J connectivity index is 1.96. The molecule has 28 heavy (non-hydrogen) atoms. The summed E-state index contributed by atoms with van der Waals surface area (Å²) in [4.78, 5) is 17.0. The number of sulfonamides is 1. The number of benzene rings is 2. The van der Waals surface area contributed by atoms with Gasteiger partial charge in [0.2, 0.25) is 5.91 Å². The highest BCUT2D eigenvalue weighted by molar-refractivity contribution is 7.92. The third-order valence-electron chi connectivity index (χ3n) is 5.09. The molecule has 7 heteroatoms. The van der Waals surface area contributed by atoms with Crippen molar-refractivity contribution >= 4 is 21.6 Å². The van der Waals surface area contributed by atoms with Crippen LogP contribution in [0.3, 0.4) is 0 Å². The van der Waals surface area contributed by atoms with Crippen molar-refractivity contribution < 1.29 is 13.2 Å². The maximum atomic E-state index is 13.4. The van der Waals surface area contributed by atoms with Gasteiger partial charge in [0.1, 0.15) is 6.54 Å². The molecule has 1 aliphatic heterocycles. The number of carbonyl (C=O) groups is 1. The molecule has 2 aromatic carbocycles. The second-order valence-corrected chi connectivity index (χ2v) is 9.16. The number of aryl methyl sites for hydroxylation is 2. The first-order chi connectivity index (χ1) is 13.3. The Bertz CT molecular complexity index is 937. The normalized spacial score (nSPS) is 15.5. The van der Waals surface area contributed by atoms with Gasteiger partial charge < -0.3 is 9.80 Å². The molecule has 2 aromatic rings. The van der Waals surface area contributed by atoms with Gasteiger partial charge in [0, 0.05) is 26.2 Å². The standard InChI is InChI=1S/C21H27N3O3S/c1-17-9-10-20(18(2)15-17)24(28(26,27)19-7-5-4-6-8-19)16-21(25)23-13-11-22(3)12-14-23/h4-10,15H,11-14,16H2,1-3H3. The van der Waals surface area contributed by atoms with Gasteiger partial charge in [0.05, 0.1) is 10.6 Å². The molecule has 150 valence electrons. The van der Waals surface area contributed by atoms with Crippen molar-refractivity contribution in [2.45, 2.75) is 18.7 Å². The fourth-order valence-electron chi connectivity index (χ4n) is 3.38. The van der Waals surface area contributed by atoms with Crippen LogP contribution in [0.15, 0.2) is 53.4 Å². The summed E-state index contributed by atoms with van der Waals surface area (Å²) in [5.41, 5.74) is 2.41. The first-order valence-corrected chi connectivity index (χ1v) is 10.8. The molecule has 0 aromatic heterocycles. The van der Waals surface area contributed by atoms with Crippen LogP contribution in [-0.4, -0.2) is 63.9 Å². The van der Waals surface area contributed by atoms with Crippen LogP contribution in [0.4, 0.5) is 5.69 Å². The minimum Gasteiger partial charge on any atom is -0.339 e. The van der Waals surface area contributed by atoms with Crippen LogP contribution in [-0.2, 0) is 14.8 Å². The summed E-state index contributed by atoms with van der Waals surface area (Å²) in [6, 6.07) is 13.9. The fourth-order valence-corrected chi connectivity index (χ4v) is 4.88. The minimum atomic E-state index is -3.86. The summed E-state index contributed by atoms with van der Waals surface area (Å²) in [7, 11) is -1.84. The van der Waals surface area contributed by atoms with Crippen LogP contribution < -0.4 is 4.31 Å². The molecule has 0 aliphatic carbocycles. The number of carbonyl (C=O) groups excluding carboxylic acids is 1. The Hall–Kier alpha value is -2.38. The lowest BCUT2D eigenvalue weighted by atomic mass is 10.1. The molecule has 1 fully saturated rings. The number of likely N-dealkylation sites (N-methyl/N-ethyl adjacent to an activating group) is 1. The maximum Gasteiger partial charge on any atom is 0.264 e. The van der Waals surface area contributed by atoms with Crippen LogP contribution in [0.5, 0.6) is 0 Å². The molecular weight excluding hydrogens is 374 g/mol. The molecule has 1 saturated heterocycles. The Morgan fingerprint density at radius 2 is 1.64 bits per heavy atom. The average molecular weight is 402 g/mol. The van der Waals surface area contributed by atoms with Crippen LogP contribution in [0, 0.1) is 13.8 Å². The zero-order chi connectivity index (χ0) is 20.3. The molecule has 0 unspecified atom stereocenters. The predicted octanol–water partition coefficient (Wildman–Crippen LogP) is 2.27. The van der Waals surface area contributed by atoms with Crippen LogP contribution in [0.2, 0.25) is 0 Å². The number of piperazine rings is 1. The van der Waals surface area contributed by atoms with Crippen molar-refractivity contribution in [2.24, 2.45) is 0 Å². The fraction of sp³-hybridized carbons (Fsp3) is 0.381. The lowest BCUT2D eigenvalue weighted by Gasteiger charge is -2.34. The van der Waals surface area contributed by atoms with Crippen LogP contribution in [0.1, 0.15) is 11.1 Å². The van der Waals surface area contributed by atoms with E-state index in [1.165, 1.54) is 4.31 Å². The van der Waals surface area contributed by atoms with Gasteiger partial charge in [-0.1, -0.05) is 35.9 Å². The Kier molecular flexibility index (Phi) is 6.05. The highest BCUT2D eigenvalue weighted by Crippen LogP contribution is 2.27. The van der Waals surface area contributed by atoms with E-state index in [2.05, 4.69) is 4.90 Å². The van der Waals surface area contributed by atoms with Crippen molar-refractivity contribution in [1.29, 1.82) is 0 Å². The number of hydrogen-bond donors (Lipinski definition) is 0. The third kappa shape index (κ3) is 4.36. The summed E-state index contributed by atoms with van der Waals surface area (Å²) in [6.07, 6.45) is 0. The van der Waals surface area contributed by atoms with E-state index in [9.17, 15) is 13.2 Å². The SMILES string of the molecule is Cc1ccc(N(CC(=O)N2CCN(C)CC2)S(=O)(=O)c2ccccc2)c(C)c1. The van der Waals surface area contributed by atoms with Gasteiger partial charge in [-0.15, -0.1) is 0 Å². The topological polar surface area (TPSA) is 60.9 Å². The van der Waals surface area contributed by atoms with E-state index in [-0.39, 0.29) is 17.3 Å². The first kappa shape index (κ1) is 20.4. The molecule has 0 radical (unpaired) electrons. The van der Waals surface area contributed by atoms with Gasteiger partial charge in [0.15, 0.2) is 0 Å². The van der Waals surface area contributed by atoms with E-state index >= 15 is 0 Å². The minimum absolute atomic E-state index is 0.174. The molecule has 1 aliphatic rings. The molecule has 1 heterocycles. The van der Waals surface area contributed by atoms with Crippen LogP contribution >= 0.6 is 0 Å². The van der Waals surface area contributed by atoms with Gasteiger partial charge in [-0.2, -0.15) is 0 Å². The molecule has 0 spiro atoms. The number of hydrogen-bond acceptors (Lipinski definition) is 4. The lowest BCUT2D eigenvalue weighted by Crippen LogP contribution is -2.51. The van der Waals surface area contributed by atoms with E-state index in [1.807, 2.05) is 33.0 Å². The average Bonchev–Trinajstić information content (AvgIpc) is 2.67. The smallest absolute Gasteiger partial charge is 0.264 e. The second-order valence-electron chi connectivity index (χ2n) is 7.30. The molecule has 0 bridgehead atoms. The zero-order valence-corrected chi connectivity index (χ0v) is 17.4. The van der Waals surface area contributed by atoms with Gasteiger partial charge in [0.25, 0.3) is 10.0 Å². The number of rotatable bonds is 5. The van der Waals surface area contributed by atoms with Gasteiger partial charge >= 0.3 is 0 Å². The van der Waals surface area contributed by atoms with Crippen LogP contribution in [0.25, 0.3) is 0 Å². The quantitative estimate of drug-likeness (QED) is 0.771. The molecule has 1 amide bonds. The second kappa shape index (κ2) is 8.32. The summed E-state index contributed by atoms with van der Waals surface area (Å²) in [5, 5.41) is 0. The molecule has 3 rings (SSSR count). The van der Waals surface area contributed by atoms with Gasteiger partial charge in [-0.05, 0) is 44.7 Å². The van der Waals surface area contributed by atoms with Gasteiger partial charge in [-0.25, -0.2) is 8.42 Å². The van der Waals surface area contributed by atoms with E-state index in [1.54, 1.807) is 41.3 Å². The predicted molar refractivity (Wildman–Crippen MR) is 111 cm³/mol. The van der Waals surface area contributed by atoms with E-state index in [0.29, 0.717) is 18.8 Å². The van der Waals surface area contributed by atoms with E-state index < -0.39 is 10.0 Å². The van der Waals surface area contributed by atoms with E-state index in [0.717, 1.165) is 24.2 Å².